The van der Waals surface area contributed by atoms with Crippen LogP contribution in [0.4, 0.5) is 0 Å². The summed E-state index contributed by atoms with van der Waals surface area (Å²) in [6.45, 7) is 20.7. The third-order valence-corrected chi connectivity index (χ3v) is 14.8. The van der Waals surface area contributed by atoms with Gasteiger partial charge in [-0.1, -0.05) is 61.8 Å². The fourth-order valence-electron chi connectivity index (χ4n) is 11.5. The minimum atomic E-state index is -3.76. The van der Waals surface area contributed by atoms with Crippen LogP contribution in [0.5, 0.6) is 0 Å². The van der Waals surface area contributed by atoms with Crippen molar-refractivity contribution in [2.24, 2.45) is 63.1 Å². The van der Waals surface area contributed by atoms with Gasteiger partial charge >= 0.3 is 10.1 Å². The maximum Gasteiger partial charge on any atom is 0.421 e. The van der Waals surface area contributed by atoms with E-state index in [0.717, 1.165) is 38.5 Å². The molecule has 0 spiro atoms. The van der Waals surface area contributed by atoms with E-state index in [4.69, 9.17) is 4.18 Å². The summed E-state index contributed by atoms with van der Waals surface area (Å²) in [5.74, 6) is 3.20. The molecule has 5 nitrogen and oxygen atoms in total. The van der Waals surface area contributed by atoms with E-state index in [-0.39, 0.29) is 39.8 Å². The molecule has 13 unspecified atom stereocenters. The van der Waals surface area contributed by atoms with Gasteiger partial charge in [0.05, 0.1) is 18.3 Å². The zero-order valence-electron chi connectivity index (χ0n) is 27.1. The van der Waals surface area contributed by atoms with Crippen molar-refractivity contribution in [1.82, 2.24) is 0 Å². The molecule has 0 heterocycles. The predicted molar refractivity (Wildman–Crippen MR) is 163 cm³/mol. The molecule has 0 bridgehead atoms. The minimum absolute atomic E-state index is 0.000441. The van der Waals surface area contributed by atoms with Crippen LogP contribution < -0.4 is 0 Å². The molecule has 4 saturated carbocycles. The van der Waals surface area contributed by atoms with Crippen LogP contribution in [0.1, 0.15) is 127 Å². The maximum atomic E-state index is 12.0. The van der Waals surface area contributed by atoms with E-state index < -0.39 is 16.2 Å². The molecule has 0 aromatic rings. The molecule has 2 N–H and O–H groups in total. The number of hydrogen-bond acceptors (Lipinski definition) is 5. The highest BCUT2D eigenvalue weighted by Gasteiger charge is 2.65. The summed E-state index contributed by atoms with van der Waals surface area (Å²) in [5, 5.41) is 22.6. The Balaban J connectivity index is 1.59. The first-order chi connectivity index (χ1) is 18.3. The van der Waals surface area contributed by atoms with Crippen molar-refractivity contribution in [3.63, 3.8) is 0 Å². The summed E-state index contributed by atoms with van der Waals surface area (Å²) in [4.78, 5) is 0. The molecule has 0 aromatic heterocycles. The maximum absolute atomic E-state index is 12.0. The lowest BCUT2D eigenvalue weighted by Gasteiger charge is -2.65. The van der Waals surface area contributed by atoms with Crippen LogP contribution in [0.2, 0.25) is 0 Å². The molecule has 4 aliphatic rings. The van der Waals surface area contributed by atoms with Crippen molar-refractivity contribution in [3.8, 4) is 0 Å². The summed E-state index contributed by atoms with van der Waals surface area (Å²) in [7, 11) is -3.76. The molecule has 0 aromatic carbocycles. The summed E-state index contributed by atoms with van der Waals surface area (Å²) in [5.41, 5.74) is 0.153. The third kappa shape index (κ3) is 5.43. The summed E-state index contributed by atoms with van der Waals surface area (Å²) < 4.78 is 29.1. The van der Waals surface area contributed by atoms with Gasteiger partial charge in [-0.3, -0.25) is 0 Å². The van der Waals surface area contributed by atoms with E-state index in [1.807, 2.05) is 6.92 Å². The second-order valence-electron chi connectivity index (χ2n) is 16.4. The van der Waals surface area contributed by atoms with Gasteiger partial charge in [0.2, 0.25) is 6.26 Å². The monoisotopic (exact) mass is 581 g/mol. The fourth-order valence-corrected chi connectivity index (χ4v) is 12.1. The Morgan fingerprint density at radius 3 is 2.12 bits per heavy atom. The van der Waals surface area contributed by atoms with Crippen molar-refractivity contribution < 1.29 is 22.8 Å². The molecular formula is C34H61O5S+. The highest BCUT2D eigenvalue weighted by molar-refractivity contribution is 7.87. The Labute approximate surface area is 246 Å². The lowest BCUT2D eigenvalue weighted by Crippen LogP contribution is -2.62. The molecule has 0 saturated heterocycles. The smallest absolute Gasteiger partial charge is 0.393 e. The van der Waals surface area contributed by atoms with Gasteiger partial charge in [0.1, 0.15) is 0 Å². The van der Waals surface area contributed by atoms with Gasteiger partial charge in [-0.25, -0.2) is 4.18 Å². The average molecular weight is 582 g/mol. The summed E-state index contributed by atoms with van der Waals surface area (Å²) in [6.07, 6.45) is 12.7. The van der Waals surface area contributed by atoms with E-state index >= 15 is 0 Å². The van der Waals surface area contributed by atoms with Crippen molar-refractivity contribution in [1.29, 1.82) is 0 Å². The second kappa shape index (κ2) is 11.0. The Kier molecular flexibility index (Phi) is 8.97. The Morgan fingerprint density at radius 2 is 1.55 bits per heavy atom. The first kappa shape index (κ1) is 32.6. The van der Waals surface area contributed by atoms with E-state index in [2.05, 4.69) is 61.6 Å². The van der Waals surface area contributed by atoms with Crippen LogP contribution >= 0.6 is 0 Å². The molecule has 4 rings (SSSR count). The zero-order chi connectivity index (χ0) is 30.1. The molecule has 13 atom stereocenters. The molecule has 40 heavy (non-hydrogen) atoms. The molecule has 4 aliphatic carbocycles. The average Bonchev–Trinajstić information content (AvgIpc) is 3.20. The van der Waals surface area contributed by atoms with Crippen LogP contribution in [-0.4, -0.2) is 36.9 Å². The van der Waals surface area contributed by atoms with E-state index in [1.54, 1.807) is 0 Å². The Morgan fingerprint density at radius 1 is 0.950 bits per heavy atom. The van der Waals surface area contributed by atoms with Gasteiger partial charge in [-0.15, -0.1) is 0 Å². The van der Waals surface area contributed by atoms with Crippen molar-refractivity contribution in [2.75, 3.05) is 0 Å². The first-order valence-electron chi connectivity index (χ1n) is 16.5. The number of rotatable bonds is 9. The van der Waals surface area contributed by atoms with Gasteiger partial charge in [-0.2, -0.15) is 8.42 Å². The summed E-state index contributed by atoms with van der Waals surface area (Å²) in [6, 6.07) is 0. The van der Waals surface area contributed by atoms with Crippen LogP contribution in [0.3, 0.4) is 0 Å². The minimum Gasteiger partial charge on any atom is -0.393 e. The Hall–Kier alpha value is -0.300. The molecule has 0 amide bonds. The SMILES string of the molecule is [CH2+]S(=O)(=O)OC(C)C(C)(CC)CC(C)(C)C(C)C1CCC2C3C(O)C(CC)C4CC(O)CCC4(C)C3CCC21C. The standard InChI is InChI=1S/C34H61O5S/c1-11-24-28-19-23(35)15-17-34(28,9)27-16-18-33(8)25(13-14-26(33)29(27)30(24)36)21(3)31(5,6)20-32(7,12-2)22(4)39-40(10,37)38/h21-30,35-36H,10-20H2,1-9H3/q+1. The number of aliphatic hydroxyl groups is 2. The number of fused-ring (bicyclic) bond motifs is 5. The Bertz CT molecular complexity index is 1010. The fraction of sp³-hybridized carbons (Fsp3) is 0.971. The van der Waals surface area contributed by atoms with Crippen molar-refractivity contribution >= 4 is 10.1 Å². The lowest BCUT2D eigenvalue weighted by atomic mass is 9.41. The van der Waals surface area contributed by atoms with Crippen LogP contribution in [-0.2, 0) is 14.3 Å². The van der Waals surface area contributed by atoms with Gasteiger partial charge < -0.3 is 10.2 Å². The van der Waals surface area contributed by atoms with Crippen molar-refractivity contribution in [3.05, 3.63) is 6.26 Å². The van der Waals surface area contributed by atoms with E-state index in [9.17, 15) is 18.6 Å². The van der Waals surface area contributed by atoms with Gasteiger partial charge in [-0.05, 0) is 128 Å². The largest absolute Gasteiger partial charge is 0.421 e. The quantitative estimate of drug-likeness (QED) is 0.216. The normalized spacial score (nSPS) is 45.1. The lowest BCUT2D eigenvalue weighted by molar-refractivity contribution is -0.204. The van der Waals surface area contributed by atoms with E-state index in [1.165, 1.54) is 25.7 Å². The van der Waals surface area contributed by atoms with Crippen LogP contribution in [0.25, 0.3) is 0 Å². The van der Waals surface area contributed by atoms with Gasteiger partial charge in [0.15, 0.2) is 0 Å². The number of aliphatic hydroxyl groups excluding tert-OH is 2. The van der Waals surface area contributed by atoms with Crippen LogP contribution in [0.15, 0.2) is 0 Å². The van der Waals surface area contributed by atoms with Gasteiger partial charge in [0, 0.05) is 0 Å². The highest BCUT2D eigenvalue weighted by atomic mass is 32.2. The zero-order valence-corrected chi connectivity index (χ0v) is 27.9. The predicted octanol–water partition coefficient (Wildman–Crippen LogP) is 7.61. The highest BCUT2D eigenvalue weighted by Crippen LogP contribution is 2.70. The van der Waals surface area contributed by atoms with Crippen LogP contribution in [0, 0.1) is 69.3 Å². The summed E-state index contributed by atoms with van der Waals surface area (Å²) >= 11 is 0. The molecule has 6 heteroatoms. The molecule has 0 radical (unpaired) electrons. The molecule has 0 aliphatic heterocycles. The molecule has 4 fully saturated rings. The topological polar surface area (TPSA) is 83.8 Å². The second-order valence-corrected chi connectivity index (χ2v) is 17.7. The van der Waals surface area contributed by atoms with E-state index in [0.29, 0.717) is 35.5 Å². The number of hydrogen-bond donors (Lipinski definition) is 2. The van der Waals surface area contributed by atoms with Crippen molar-refractivity contribution in [2.45, 2.75) is 145 Å². The molecular weight excluding hydrogens is 520 g/mol. The molecule has 232 valence electrons. The van der Waals surface area contributed by atoms with Gasteiger partial charge in [0.25, 0.3) is 0 Å². The third-order valence-electron chi connectivity index (χ3n) is 14.2. The first-order valence-corrected chi connectivity index (χ1v) is 18.0.